The van der Waals surface area contributed by atoms with Crippen LogP contribution in [0.2, 0.25) is 0 Å². The zero-order valence-corrected chi connectivity index (χ0v) is 17.4. The predicted molar refractivity (Wildman–Crippen MR) is 123 cm³/mol. The topological polar surface area (TPSA) is 102 Å². The molecule has 3 aromatic rings. The highest BCUT2D eigenvalue weighted by molar-refractivity contribution is 6.01. The Kier molecular flexibility index (Phi) is 4.36. The molecule has 160 valence electrons. The largest absolute Gasteiger partial charge is 0.508 e. The highest BCUT2D eigenvalue weighted by Crippen LogP contribution is 2.38. The first-order valence-electron chi connectivity index (χ1n) is 10.8. The number of aromatic nitrogens is 1. The molecular formula is C25H23N5O2. The Morgan fingerprint density at radius 3 is 2.97 bits per heavy atom. The number of aromatic hydroxyl groups is 1. The minimum atomic E-state index is -0.308. The fourth-order valence-corrected chi connectivity index (χ4v) is 4.92. The van der Waals surface area contributed by atoms with E-state index in [4.69, 9.17) is 0 Å². The van der Waals surface area contributed by atoms with Crippen LogP contribution in [-0.4, -0.2) is 28.8 Å². The average molecular weight is 425 g/mol. The van der Waals surface area contributed by atoms with Crippen LogP contribution in [0.1, 0.15) is 39.6 Å². The number of amides is 1. The zero-order valence-electron chi connectivity index (χ0n) is 17.4. The molecule has 3 heterocycles. The summed E-state index contributed by atoms with van der Waals surface area (Å²) in [7, 11) is 0. The third-order valence-electron chi connectivity index (χ3n) is 6.46. The van der Waals surface area contributed by atoms with Gasteiger partial charge < -0.3 is 20.7 Å². The molecule has 2 atom stereocenters. The van der Waals surface area contributed by atoms with Gasteiger partial charge in [0.25, 0.3) is 5.91 Å². The van der Waals surface area contributed by atoms with Crippen LogP contribution in [0, 0.1) is 5.92 Å². The summed E-state index contributed by atoms with van der Waals surface area (Å²) in [6.07, 6.45) is 7.18. The maximum Gasteiger partial charge on any atom is 0.252 e. The Hall–Kier alpha value is -3.84. The van der Waals surface area contributed by atoms with Gasteiger partial charge in [-0.15, -0.1) is 0 Å². The number of phenols is 1. The molecule has 0 radical (unpaired) electrons. The fraction of sp³-hybridized carbons (Fsp3) is 0.200. The Morgan fingerprint density at radius 1 is 1.12 bits per heavy atom. The number of carbonyl (C=O) groups excluding carboxylic acids is 1. The summed E-state index contributed by atoms with van der Waals surface area (Å²) in [4.78, 5) is 16.1. The fourth-order valence-electron chi connectivity index (χ4n) is 4.92. The van der Waals surface area contributed by atoms with Crippen LogP contribution in [0.5, 0.6) is 5.75 Å². The van der Waals surface area contributed by atoms with Gasteiger partial charge in [0.2, 0.25) is 0 Å². The summed E-state index contributed by atoms with van der Waals surface area (Å²) < 4.78 is 0. The summed E-state index contributed by atoms with van der Waals surface area (Å²) >= 11 is 0. The van der Waals surface area contributed by atoms with Crippen LogP contribution < -0.4 is 16.1 Å². The molecule has 0 spiro atoms. The molecule has 7 nitrogen and oxygen atoms in total. The lowest BCUT2D eigenvalue weighted by Crippen LogP contribution is -2.24. The molecule has 0 bridgehead atoms. The van der Waals surface area contributed by atoms with Gasteiger partial charge in [-0.3, -0.25) is 10.2 Å². The standard InChI is InChI=1S/C25H23N5O2/c31-16-6-7-17-19(10-16)24(29-25(17)32)23-18-3-1-2-4-21(18)28-22(23)13-26-11-14-5-8-20-15(9-14)12-27-30-20/h1-8,10,12,15,24,26,28,30-31H,9,11,13H2,(H,29,32). The van der Waals surface area contributed by atoms with Crippen molar-refractivity contribution in [3.63, 3.8) is 0 Å². The van der Waals surface area contributed by atoms with Gasteiger partial charge >= 0.3 is 0 Å². The highest BCUT2D eigenvalue weighted by Gasteiger charge is 2.33. The van der Waals surface area contributed by atoms with Crippen LogP contribution in [0.3, 0.4) is 0 Å². The van der Waals surface area contributed by atoms with Crippen LogP contribution in [0.15, 0.2) is 71.0 Å². The van der Waals surface area contributed by atoms with Crippen molar-refractivity contribution in [3.05, 3.63) is 88.3 Å². The molecule has 0 fully saturated rings. The molecule has 32 heavy (non-hydrogen) atoms. The normalized spacial score (nSPS) is 21.1. The first-order chi connectivity index (χ1) is 15.7. The van der Waals surface area contributed by atoms with Crippen molar-refractivity contribution in [2.24, 2.45) is 11.0 Å². The molecule has 7 heteroatoms. The maximum atomic E-state index is 12.6. The highest BCUT2D eigenvalue weighted by atomic mass is 16.3. The second kappa shape index (κ2) is 7.39. The SMILES string of the molecule is O=C1NC(c2c(CNCC3=CC=C4NN=CC4C3)[nH]c3ccccc23)c2cc(O)ccc21. The Bertz CT molecular complexity index is 1330. The first-order valence-corrected chi connectivity index (χ1v) is 10.8. The third kappa shape index (κ3) is 3.09. The molecule has 1 aliphatic carbocycles. The van der Waals surface area contributed by atoms with E-state index in [-0.39, 0.29) is 17.7 Å². The van der Waals surface area contributed by atoms with E-state index < -0.39 is 0 Å². The van der Waals surface area contributed by atoms with Crippen molar-refractivity contribution in [2.45, 2.75) is 19.0 Å². The van der Waals surface area contributed by atoms with Gasteiger partial charge in [-0.25, -0.2) is 0 Å². The number of nitrogens with zero attached hydrogens (tertiary/aromatic N) is 1. The van der Waals surface area contributed by atoms with Crippen LogP contribution in [0.4, 0.5) is 0 Å². The Labute approximate surface area is 184 Å². The van der Waals surface area contributed by atoms with E-state index in [1.807, 2.05) is 24.4 Å². The van der Waals surface area contributed by atoms with E-state index >= 15 is 0 Å². The summed E-state index contributed by atoms with van der Waals surface area (Å²) in [6.45, 7) is 1.41. The summed E-state index contributed by atoms with van der Waals surface area (Å²) in [5.41, 5.74) is 10.0. The van der Waals surface area contributed by atoms with E-state index in [0.29, 0.717) is 18.0 Å². The van der Waals surface area contributed by atoms with Gasteiger partial charge in [0.05, 0.1) is 6.04 Å². The van der Waals surface area contributed by atoms with Crippen molar-refractivity contribution in [2.75, 3.05) is 6.54 Å². The summed E-state index contributed by atoms with van der Waals surface area (Å²) in [5, 5.41) is 21.9. The lowest BCUT2D eigenvalue weighted by molar-refractivity contribution is 0.0960. The number of phenolic OH excluding ortho intramolecular Hbond substituents is 1. The number of rotatable bonds is 5. The molecule has 2 aliphatic heterocycles. The van der Waals surface area contributed by atoms with Crippen molar-refractivity contribution >= 4 is 23.0 Å². The molecule has 3 aliphatic rings. The predicted octanol–water partition coefficient (Wildman–Crippen LogP) is 3.22. The lowest BCUT2D eigenvalue weighted by Gasteiger charge is -2.18. The Morgan fingerprint density at radius 2 is 2.03 bits per heavy atom. The second-order valence-electron chi connectivity index (χ2n) is 8.49. The number of fused-ring (bicyclic) bond motifs is 3. The maximum absolute atomic E-state index is 12.6. The zero-order chi connectivity index (χ0) is 21.7. The number of hydrazone groups is 1. The summed E-state index contributed by atoms with van der Waals surface area (Å²) in [5.74, 6) is 0.390. The number of hydrogen-bond acceptors (Lipinski definition) is 5. The molecule has 1 aromatic heterocycles. The minimum Gasteiger partial charge on any atom is -0.508 e. The molecular weight excluding hydrogens is 402 g/mol. The van der Waals surface area contributed by atoms with Gasteiger partial charge in [-0.05, 0) is 42.3 Å². The van der Waals surface area contributed by atoms with Gasteiger partial charge in [-0.1, -0.05) is 29.8 Å². The Balaban J connectivity index is 1.30. The number of hydrogen-bond donors (Lipinski definition) is 5. The van der Waals surface area contributed by atoms with E-state index in [9.17, 15) is 9.90 Å². The monoisotopic (exact) mass is 425 g/mol. The third-order valence-corrected chi connectivity index (χ3v) is 6.46. The number of para-hydroxylation sites is 1. The average Bonchev–Trinajstić information content (AvgIpc) is 3.48. The van der Waals surface area contributed by atoms with Crippen LogP contribution >= 0.6 is 0 Å². The smallest absolute Gasteiger partial charge is 0.252 e. The van der Waals surface area contributed by atoms with Crippen LogP contribution in [-0.2, 0) is 6.54 Å². The van der Waals surface area contributed by atoms with Crippen molar-refractivity contribution < 1.29 is 9.90 Å². The number of allylic oxidation sites excluding steroid dienone is 3. The van der Waals surface area contributed by atoms with Crippen molar-refractivity contribution in [1.82, 2.24) is 21.0 Å². The second-order valence-corrected chi connectivity index (χ2v) is 8.49. The number of carbonyl (C=O) groups is 1. The van der Waals surface area contributed by atoms with Gasteiger partial charge in [-0.2, -0.15) is 5.10 Å². The van der Waals surface area contributed by atoms with Gasteiger partial charge in [0, 0.05) is 58.6 Å². The molecule has 5 N–H and O–H groups in total. The van der Waals surface area contributed by atoms with E-state index in [0.717, 1.165) is 46.4 Å². The van der Waals surface area contributed by atoms with E-state index in [1.54, 1.807) is 18.2 Å². The molecule has 2 aromatic carbocycles. The number of H-pyrrole nitrogens is 1. The number of benzene rings is 2. The molecule has 6 rings (SSSR count). The van der Waals surface area contributed by atoms with E-state index in [1.165, 1.54) is 5.57 Å². The lowest BCUT2D eigenvalue weighted by atomic mass is 9.93. The van der Waals surface area contributed by atoms with Crippen molar-refractivity contribution in [1.29, 1.82) is 0 Å². The molecule has 0 saturated heterocycles. The number of nitrogens with one attached hydrogen (secondary N) is 4. The first kappa shape index (κ1) is 18.9. The van der Waals surface area contributed by atoms with Crippen molar-refractivity contribution in [3.8, 4) is 5.75 Å². The van der Waals surface area contributed by atoms with Gasteiger partial charge in [0.15, 0.2) is 0 Å². The number of aromatic amines is 1. The minimum absolute atomic E-state index is 0.115. The molecule has 1 amide bonds. The molecule has 2 unspecified atom stereocenters. The summed E-state index contributed by atoms with van der Waals surface area (Å²) in [6, 6.07) is 12.7. The van der Waals surface area contributed by atoms with Crippen LogP contribution in [0.25, 0.3) is 10.9 Å². The quantitative estimate of drug-likeness (QED) is 0.433. The van der Waals surface area contributed by atoms with E-state index in [2.05, 4.69) is 44.4 Å². The molecule has 0 saturated carbocycles. The van der Waals surface area contributed by atoms with Gasteiger partial charge in [0.1, 0.15) is 5.75 Å².